The number of hydrogen-bond acceptors (Lipinski definition) is 3. The predicted molar refractivity (Wildman–Crippen MR) is 85.0 cm³/mol. The molecule has 8 heteroatoms. The molecule has 3 fully saturated rings. The number of hydrogen-bond donors (Lipinski definition) is 1. The largest absolute Gasteiger partial charge is 0.416 e. The molecule has 2 unspecified atom stereocenters. The van der Waals surface area contributed by atoms with Crippen molar-refractivity contribution >= 4 is 24.1 Å². The Bertz CT molecular complexity index is 636. The molecular weight excluding hydrogens is 343 g/mol. The molecule has 4 nitrogen and oxygen atoms in total. The van der Waals surface area contributed by atoms with Gasteiger partial charge in [0.2, 0.25) is 5.91 Å². The molecule has 2 aliphatic heterocycles. The number of anilines is 1. The summed E-state index contributed by atoms with van der Waals surface area (Å²) < 4.78 is 38.7. The van der Waals surface area contributed by atoms with Crippen LogP contribution in [0.4, 0.5) is 19.0 Å². The summed E-state index contributed by atoms with van der Waals surface area (Å²) in [5.41, 5.74) is -0.845. The average Bonchev–Trinajstić information content (AvgIpc) is 2.89. The molecule has 2 bridgehead atoms. The Morgan fingerprint density at radius 3 is 2.54 bits per heavy atom. The van der Waals surface area contributed by atoms with Crippen molar-refractivity contribution in [3.8, 4) is 0 Å². The van der Waals surface area contributed by atoms with Crippen LogP contribution in [0.3, 0.4) is 0 Å². The summed E-state index contributed by atoms with van der Waals surface area (Å²) in [4.78, 5) is 18.0. The zero-order chi connectivity index (χ0) is 16.2. The minimum Gasteiger partial charge on any atom is -0.316 e. The number of piperidine rings is 1. The maximum absolute atomic E-state index is 12.9. The number of halogens is 4. The van der Waals surface area contributed by atoms with Gasteiger partial charge in [0.15, 0.2) is 0 Å². The molecule has 1 amide bonds. The van der Waals surface area contributed by atoms with Crippen molar-refractivity contribution in [1.29, 1.82) is 0 Å². The van der Waals surface area contributed by atoms with Gasteiger partial charge in [-0.05, 0) is 49.9 Å². The number of rotatable bonds is 1. The van der Waals surface area contributed by atoms with Gasteiger partial charge in [0.1, 0.15) is 5.82 Å². The van der Waals surface area contributed by atoms with E-state index in [0.717, 1.165) is 44.3 Å². The van der Waals surface area contributed by atoms with E-state index in [-0.39, 0.29) is 29.5 Å². The van der Waals surface area contributed by atoms with Crippen molar-refractivity contribution in [2.24, 2.45) is 17.3 Å². The second kappa shape index (κ2) is 5.88. The van der Waals surface area contributed by atoms with Gasteiger partial charge in [-0.3, -0.25) is 9.69 Å². The third-order valence-electron chi connectivity index (χ3n) is 5.85. The number of amides is 1. The number of aromatic nitrogens is 1. The summed E-state index contributed by atoms with van der Waals surface area (Å²) in [7, 11) is 0. The molecular formula is C16H19ClF3N3O. The van der Waals surface area contributed by atoms with Crippen LogP contribution in [-0.2, 0) is 11.0 Å². The van der Waals surface area contributed by atoms with Crippen LogP contribution in [0.25, 0.3) is 0 Å². The van der Waals surface area contributed by atoms with Gasteiger partial charge in [-0.1, -0.05) is 0 Å². The van der Waals surface area contributed by atoms with E-state index in [2.05, 4.69) is 10.3 Å². The van der Waals surface area contributed by atoms with Crippen LogP contribution in [0.1, 0.15) is 24.8 Å². The first kappa shape index (κ1) is 17.5. The van der Waals surface area contributed by atoms with Gasteiger partial charge in [0.25, 0.3) is 0 Å². The number of nitrogens with one attached hydrogen (secondary N) is 1. The van der Waals surface area contributed by atoms with Crippen LogP contribution in [-0.4, -0.2) is 30.5 Å². The van der Waals surface area contributed by atoms with Gasteiger partial charge in [-0.15, -0.1) is 12.4 Å². The number of nitrogens with zero attached hydrogens (tertiary/aromatic N) is 2. The molecule has 1 spiro atoms. The molecule has 0 radical (unpaired) electrons. The third kappa shape index (κ3) is 2.58. The van der Waals surface area contributed by atoms with Gasteiger partial charge < -0.3 is 5.32 Å². The summed E-state index contributed by atoms with van der Waals surface area (Å²) in [5, 5.41) is 3.40. The van der Waals surface area contributed by atoms with Gasteiger partial charge in [0.05, 0.1) is 5.56 Å². The highest BCUT2D eigenvalue weighted by molar-refractivity contribution is 5.95. The molecule has 1 N–H and O–H groups in total. The fourth-order valence-corrected chi connectivity index (χ4v) is 4.67. The number of alkyl halides is 3. The Kier molecular flexibility index (Phi) is 4.28. The Morgan fingerprint density at radius 1 is 1.25 bits per heavy atom. The van der Waals surface area contributed by atoms with E-state index in [0.29, 0.717) is 24.8 Å². The standard InChI is InChI=1S/C16H18F3N3O.ClH/c17-16(18,19)10-3-4-21-13(5-10)22-9-15(6-14(22)23)11-1-2-12(15)8-20-7-11;/h3-5,11-12,20H,1-2,6-9H2;1H. The fourth-order valence-electron chi connectivity index (χ4n) is 4.67. The monoisotopic (exact) mass is 361 g/mol. The lowest BCUT2D eigenvalue weighted by molar-refractivity contribution is -0.137. The summed E-state index contributed by atoms with van der Waals surface area (Å²) in [6, 6.07) is 1.92. The van der Waals surface area contributed by atoms with Gasteiger partial charge >= 0.3 is 6.18 Å². The van der Waals surface area contributed by atoms with E-state index in [1.54, 1.807) is 0 Å². The highest BCUT2D eigenvalue weighted by Crippen LogP contribution is 2.55. The quantitative estimate of drug-likeness (QED) is 0.836. The first-order valence-electron chi connectivity index (χ1n) is 7.94. The van der Waals surface area contributed by atoms with E-state index >= 15 is 0 Å². The lowest BCUT2D eigenvalue weighted by Crippen LogP contribution is -2.48. The van der Waals surface area contributed by atoms with Crippen molar-refractivity contribution in [2.45, 2.75) is 25.4 Å². The zero-order valence-corrected chi connectivity index (χ0v) is 13.8. The molecule has 3 aliphatic rings. The fraction of sp³-hybridized carbons (Fsp3) is 0.625. The first-order chi connectivity index (χ1) is 10.9. The van der Waals surface area contributed by atoms with Gasteiger partial charge in [0, 0.05) is 24.6 Å². The van der Waals surface area contributed by atoms with Crippen molar-refractivity contribution < 1.29 is 18.0 Å². The maximum atomic E-state index is 12.9. The van der Waals surface area contributed by atoms with Crippen LogP contribution >= 0.6 is 12.4 Å². The van der Waals surface area contributed by atoms with E-state index in [4.69, 9.17) is 0 Å². The summed E-state index contributed by atoms with van der Waals surface area (Å²) in [6.07, 6.45) is -0.676. The molecule has 4 rings (SSSR count). The highest BCUT2D eigenvalue weighted by Gasteiger charge is 2.57. The lowest BCUT2D eigenvalue weighted by Gasteiger charge is -2.40. The Labute approximate surface area is 144 Å². The van der Waals surface area contributed by atoms with E-state index < -0.39 is 11.7 Å². The maximum Gasteiger partial charge on any atom is 0.416 e. The normalized spacial score (nSPS) is 32.3. The molecule has 3 heterocycles. The predicted octanol–water partition coefficient (Wildman–Crippen LogP) is 2.87. The van der Waals surface area contributed by atoms with Crippen molar-refractivity contribution in [1.82, 2.24) is 10.3 Å². The van der Waals surface area contributed by atoms with Crippen LogP contribution in [0.5, 0.6) is 0 Å². The second-order valence-corrected chi connectivity index (χ2v) is 6.92. The smallest absolute Gasteiger partial charge is 0.316 e. The molecule has 132 valence electrons. The van der Waals surface area contributed by atoms with Crippen LogP contribution in [0.15, 0.2) is 18.3 Å². The van der Waals surface area contributed by atoms with E-state index in [1.165, 1.54) is 4.90 Å². The molecule has 1 saturated carbocycles. The Hall–Kier alpha value is -1.34. The summed E-state index contributed by atoms with van der Waals surface area (Å²) in [5.74, 6) is 0.886. The molecule has 24 heavy (non-hydrogen) atoms. The Morgan fingerprint density at radius 2 is 1.92 bits per heavy atom. The topological polar surface area (TPSA) is 45.2 Å². The molecule has 1 aliphatic carbocycles. The Balaban J connectivity index is 0.00000169. The van der Waals surface area contributed by atoms with Crippen molar-refractivity contribution in [3.63, 3.8) is 0 Å². The van der Waals surface area contributed by atoms with Gasteiger partial charge in [-0.2, -0.15) is 13.2 Å². The van der Waals surface area contributed by atoms with Crippen LogP contribution < -0.4 is 10.2 Å². The SMILES string of the molecule is Cl.O=C1CC2(CN1c1cc(C(F)(F)F)ccn1)C1CCC2CNC1. The number of carbonyl (C=O) groups is 1. The van der Waals surface area contributed by atoms with Gasteiger partial charge in [-0.25, -0.2) is 4.98 Å². The van der Waals surface area contributed by atoms with Crippen LogP contribution in [0, 0.1) is 17.3 Å². The zero-order valence-electron chi connectivity index (χ0n) is 13.0. The second-order valence-electron chi connectivity index (χ2n) is 6.92. The summed E-state index contributed by atoms with van der Waals surface area (Å²) in [6.45, 7) is 2.29. The average molecular weight is 362 g/mol. The number of pyridine rings is 1. The number of carbonyl (C=O) groups excluding carboxylic acids is 1. The summed E-state index contributed by atoms with van der Waals surface area (Å²) >= 11 is 0. The van der Waals surface area contributed by atoms with Crippen molar-refractivity contribution in [2.75, 3.05) is 24.5 Å². The highest BCUT2D eigenvalue weighted by atomic mass is 35.5. The molecule has 1 aromatic heterocycles. The molecule has 2 saturated heterocycles. The van der Waals surface area contributed by atoms with E-state index in [9.17, 15) is 18.0 Å². The third-order valence-corrected chi connectivity index (χ3v) is 5.85. The first-order valence-corrected chi connectivity index (χ1v) is 7.94. The molecule has 0 aromatic carbocycles. The molecule has 2 atom stereocenters. The lowest BCUT2D eigenvalue weighted by atomic mass is 9.69. The van der Waals surface area contributed by atoms with Crippen LogP contribution in [0.2, 0.25) is 0 Å². The van der Waals surface area contributed by atoms with Crippen molar-refractivity contribution in [3.05, 3.63) is 23.9 Å². The minimum absolute atomic E-state index is 0. The minimum atomic E-state index is -4.42. The van der Waals surface area contributed by atoms with E-state index in [1.807, 2.05) is 0 Å². The molecule has 1 aromatic rings.